The van der Waals surface area contributed by atoms with Crippen LogP contribution in [0, 0.1) is 0 Å². The maximum Gasteiger partial charge on any atom is 0.0700 e. The molecule has 4 heteroatoms. The van der Waals surface area contributed by atoms with E-state index in [2.05, 4.69) is 46.2 Å². The number of benzene rings is 1. The molecule has 1 atom stereocenters. The number of fused-ring (bicyclic) bond motifs is 1. The summed E-state index contributed by atoms with van der Waals surface area (Å²) in [7, 11) is 0. The number of rotatable bonds is 3. The average Bonchev–Trinajstić information content (AvgIpc) is 2.55. The van der Waals surface area contributed by atoms with Gasteiger partial charge in [-0.15, -0.1) is 0 Å². The molecule has 1 aromatic carbocycles. The Bertz CT molecular complexity index is 502. The largest absolute Gasteiger partial charge is 0.326 e. The fourth-order valence-electron chi connectivity index (χ4n) is 1.89. The lowest BCUT2D eigenvalue weighted by Crippen LogP contribution is -2.22. The molecule has 0 spiro atoms. The fourth-order valence-corrected chi connectivity index (χ4v) is 2.24. The normalized spacial score (nSPS) is 13.2. The Hall–Kier alpha value is -0.870. The topological polar surface area (TPSA) is 43.8 Å². The molecule has 2 N–H and O–H groups in total. The van der Waals surface area contributed by atoms with E-state index >= 15 is 0 Å². The van der Waals surface area contributed by atoms with E-state index in [0.29, 0.717) is 0 Å². The van der Waals surface area contributed by atoms with Gasteiger partial charge in [-0.25, -0.2) is 0 Å². The molecule has 0 saturated carbocycles. The number of aryl methyl sites for hydroxylation is 1. The van der Waals surface area contributed by atoms with Crippen molar-refractivity contribution in [1.82, 2.24) is 9.78 Å². The number of halogens is 1. The van der Waals surface area contributed by atoms with Crippen LogP contribution in [-0.2, 0) is 13.0 Å². The van der Waals surface area contributed by atoms with Crippen molar-refractivity contribution in [3.8, 4) is 0 Å². The Labute approximate surface area is 104 Å². The van der Waals surface area contributed by atoms with Crippen molar-refractivity contribution < 1.29 is 0 Å². The molecule has 2 rings (SSSR count). The Morgan fingerprint density at radius 1 is 1.50 bits per heavy atom. The van der Waals surface area contributed by atoms with Crippen LogP contribution in [0.3, 0.4) is 0 Å². The summed E-state index contributed by atoms with van der Waals surface area (Å²) >= 11 is 3.49. The van der Waals surface area contributed by atoms with Crippen LogP contribution in [-0.4, -0.2) is 15.8 Å². The highest BCUT2D eigenvalue weighted by molar-refractivity contribution is 9.10. The molecular weight excluding hydrogens is 266 g/mol. The second-order valence-electron chi connectivity index (χ2n) is 4.12. The molecule has 1 unspecified atom stereocenters. The number of aromatic nitrogens is 2. The van der Waals surface area contributed by atoms with E-state index in [1.807, 2.05) is 11.6 Å². The first-order chi connectivity index (χ1) is 7.61. The van der Waals surface area contributed by atoms with Gasteiger partial charge in [-0.1, -0.05) is 22.9 Å². The summed E-state index contributed by atoms with van der Waals surface area (Å²) in [6.45, 7) is 4.88. The zero-order valence-electron chi connectivity index (χ0n) is 9.57. The Morgan fingerprint density at radius 2 is 2.25 bits per heavy atom. The molecule has 2 aromatic rings. The highest BCUT2D eigenvalue weighted by Crippen LogP contribution is 2.23. The maximum absolute atomic E-state index is 5.83. The smallest absolute Gasteiger partial charge is 0.0700 e. The quantitative estimate of drug-likeness (QED) is 0.940. The number of nitrogens with zero attached hydrogens (tertiary/aromatic N) is 2. The van der Waals surface area contributed by atoms with Gasteiger partial charge >= 0.3 is 0 Å². The molecule has 1 aromatic heterocycles. The molecule has 0 saturated heterocycles. The predicted octanol–water partition coefficient (Wildman–Crippen LogP) is 2.71. The van der Waals surface area contributed by atoms with Crippen LogP contribution < -0.4 is 5.73 Å². The maximum atomic E-state index is 5.83. The molecule has 3 nitrogen and oxygen atoms in total. The second-order valence-corrected chi connectivity index (χ2v) is 5.04. The van der Waals surface area contributed by atoms with Gasteiger partial charge in [-0.05, 0) is 31.5 Å². The van der Waals surface area contributed by atoms with Crippen LogP contribution in [0.4, 0.5) is 0 Å². The van der Waals surface area contributed by atoms with Crippen molar-refractivity contribution in [1.29, 1.82) is 0 Å². The van der Waals surface area contributed by atoms with Gasteiger partial charge in [0.2, 0.25) is 0 Å². The number of hydrogen-bond acceptors (Lipinski definition) is 2. The van der Waals surface area contributed by atoms with E-state index < -0.39 is 0 Å². The van der Waals surface area contributed by atoms with Gasteiger partial charge in [0.05, 0.1) is 17.8 Å². The third-order valence-electron chi connectivity index (χ3n) is 2.59. The molecule has 16 heavy (non-hydrogen) atoms. The van der Waals surface area contributed by atoms with Gasteiger partial charge in [0.1, 0.15) is 0 Å². The first kappa shape index (κ1) is 11.6. The van der Waals surface area contributed by atoms with Gasteiger partial charge in [0, 0.05) is 15.9 Å². The van der Waals surface area contributed by atoms with E-state index in [9.17, 15) is 0 Å². The SMILES string of the molecule is CCc1nn(CC(C)N)c2cc(Br)ccc12. The molecule has 0 radical (unpaired) electrons. The summed E-state index contributed by atoms with van der Waals surface area (Å²) in [6.07, 6.45) is 0.948. The summed E-state index contributed by atoms with van der Waals surface area (Å²) in [5.41, 5.74) is 8.13. The number of nitrogens with two attached hydrogens (primary N) is 1. The zero-order valence-corrected chi connectivity index (χ0v) is 11.2. The van der Waals surface area contributed by atoms with Crippen molar-refractivity contribution in [3.63, 3.8) is 0 Å². The summed E-state index contributed by atoms with van der Waals surface area (Å²) in [6, 6.07) is 6.39. The van der Waals surface area contributed by atoms with E-state index in [1.165, 1.54) is 5.39 Å². The summed E-state index contributed by atoms with van der Waals surface area (Å²) in [5, 5.41) is 5.83. The monoisotopic (exact) mass is 281 g/mol. The molecule has 86 valence electrons. The lowest BCUT2D eigenvalue weighted by Gasteiger charge is -2.06. The highest BCUT2D eigenvalue weighted by atomic mass is 79.9. The molecule has 0 fully saturated rings. The van der Waals surface area contributed by atoms with Crippen LogP contribution in [0.5, 0.6) is 0 Å². The Kier molecular flexibility index (Phi) is 3.30. The predicted molar refractivity (Wildman–Crippen MR) is 70.5 cm³/mol. The van der Waals surface area contributed by atoms with Gasteiger partial charge in [0.25, 0.3) is 0 Å². The van der Waals surface area contributed by atoms with Gasteiger partial charge in [-0.2, -0.15) is 5.10 Å². The first-order valence-corrected chi connectivity index (χ1v) is 6.31. The summed E-state index contributed by atoms with van der Waals surface area (Å²) < 4.78 is 3.08. The van der Waals surface area contributed by atoms with Crippen LogP contribution in [0.2, 0.25) is 0 Å². The summed E-state index contributed by atoms with van der Waals surface area (Å²) in [5.74, 6) is 0. The average molecular weight is 282 g/mol. The van der Waals surface area contributed by atoms with Crippen molar-refractivity contribution >= 4 is 26.8 Å². The van der Waals surface area contributed by atoms with Gasteiger partial charge in [0.15, 0.2) is 0 Å². The molecule has 0 amide bonds. The third kappa shape index (κ3) is 2.13. The van der Waals surface area contributed by atoms with E-state index in [0.717, 1.165) is 28.6 Å². The van der Waals surface area contributed by atoms with Crippen LogP contribution in [0.1, 0.15) is 19.5 Å². The van der Waals surface area contributed by atoms with Crippen molar-refractivity contribution in [2.24, 2.45) is 5.73 Å². The van der Waals surface area contributed by atoms with Gasteiger partial charge < -0.3 is 5.73 Å². The van der Waals surface area contributed by atoms with Crippen molar-refractivity contribution in [2.75, 3.05) is 0 Å². The van der Waals surface area contributed by atoms with E-state index in [4.69, 9.17) is 5.73 Å². The second kappa shape index (κ2) is 4.55. The molecule has 0 aliphatic rings. The number of hydrogen-bond donors (Lipinski definition) is 1. The highest BCUT2D eigenvalue weighted by Gasteiger charge is 2.10. The Balaban J connectivity index is 2.59. The van der Waals surface area contributed by atoms with Crippen molar-refractivity contribution in [2.45, 2.75) is 32.9 Å². The van der Waals surface area contributed by atoms with E-state index in [1.54, 1.807) is 0 Å². The molecule has 0 aliphatic carbocycles. The van der Waals surface area contributed by atoms with Crippen LogP contribution in [0.15, 0.2) is 22.7 Å². The fraction of sp³-hybridized carbons (Fsp3) is 0.417. The zero-order chi connectivity index (χ0) is 11.7. The minimum atomic E-state index is 0.117. The van der Waals surface area contributed by atoms with Gasteiger partial charge in [-0.3, -0.25) is 4.68 Å². The Morgan fingerprint density at radius 3 is 2.88 bits per heavy atom. The molecule has 1 heterocycles. The minimum absolute atomic E-state index is 0.117. The first-order valence-electron chi connectivity index (χ1n) is 5.52. The molecule has 0 aliphatic heterocycles. The van der Waals surface area contributed by atoms with Crippen LogP contribution >= 0.6 is 15.9 Å². The lowest BCUT2D eigenvalue weighted by atomic mass is 10.2. The minimum Gasteiger partial charge on any atom is -0.326 e. The van der Waals surface area contributed by atoms with Crippen LogP contribution in [0.25, 0.3) is 10.9 Å². The summed E-state index contributed by atoms with van der Waals surface area (Å²) in [4.78, 5) is 0. The lowest BCUT2D eigenvalue weighted by molar-refractivity contribution is 0.548. The molecule has 0 bridgehead atoms. The van der Waals surface area contributed by atoms with E-state index in [-0.39, 0.29) is 6.04 Å². The third-order valence-corrected chi connectivity index (χ3v) is 3.08. The standard InChI is InChI=1S/C12H16BrN3/c1-3-11-10-5-4-9(13)6-12(10)16(15-11)7-8(2)14/h4-6,8H,3,7,14H2,1-2H3. The molecular formula is C12H16BrN3. The van der Waals surface area contributed by atoms with Crippen molar-refractivity contribution in [3.05, 3.63) is 28.4 Å².